The molecule has 1 fully saturated rings. The Hall–Kier alpha value is -1.36. The molecule has 0 radical (unpaired) electrons. The molecule has 1 aromatic heterocycles. The van der Waals surface area contributed by atoms with E-state index in [1.807, 2.05) is 6.92 Å². The Morgan fingerprint density at radius 1 is 1.59 bits per heavy atom. The van der Waals surface area contributed by atoms with Crippen LogP contribution in [0.1, 0.15) is 24.3 Å². The number of carbonyl (C=O) groups is 1. The van der Waals surface area contributed by atoms with E-state index in [0.29, 0.717) is 11.7 Å². The minimum absolute atomic E-state index is 0.0136. The molecule has 1 saturated heterocycles. The predicted octanol–water partition coefficient (Wildman–Crippen LogP) is 0.641. The smallest absolute Gasteiger partial charge is 0.227 e. The van der Waals surface area contributed by atoms with E-state index in [4.69, 9.17) is 4.52 Å². The Morgan fingerprint density at radius 3 is 3.00 bits per heavy atom. The van der Waals surface area contributed by atoms with E-state index in [1.165, 1.54) is 0 Å². The van der Waals surface area contributed by atoms with Gasteiger partial charge in [-0.15, -0.1) is 0 Å². The SMILES string of the molecule is Cc1cc(CC(=O)NCC2CCNCC2)on1. The summed E-state index contributed by atoms with van der Waals surface area (Å²) >= 11 is 0. The van der Waals surface area contributed by atoms with E-state index in [1.54, 1.807) is 6.07 Å². The molecule has 0 spiro atoms. The van der Waals surface area contributed by atoms with Gasteiger partial charge in [0.1, 0.15) is 5.76 Å². The van der Waals surface area contributed by atoms with Gasteiger partial charge in [-0.1, -0.05) is 5.16 Å². The van der Waals surface area contributed by atoms with Crippen LogP contribution in [-0.4, -0.2) is 30.7 Å². The standard InChI is InChI=1S/C12H19N3O2/c1-9-6-11(17-15-9)7-12(16)14-8-10-2-4-13-5-3-10/h6,10,13H,2-5,7-8H2,1H3,(H,14,16). The molecule has 0 aromatic carbocycles. The highest BCUT2D eigenvalue weighted by Gasteiger charge is 2.14. The van der Waals surface area contributed by atoms with Crippen molar-refractivity contribution in [3.05, 3.63) is 17.5 Å². The minimum atomic E-state index is 0.0136. The first-order valence-corrected chi connectivity index (χ1v) is 6.13. The third kappa shape index (κ3) is 3.85. The monoisotopic (exact) mass is 237 g/mol. The summed E-state index contributed by atoms with van der Waals surface area (Å²) < 4.78 is 5.01. The van der Waals surface area contributed by atoms with E-state index in [-0.39, 0.29) is 12.3 Å². The van der Waals surface area contributed by atoms with Gasteiger partial charge in [-0.2, -0.15) is 0 Å². The van der Waals surface area contributed by atoms with Crippen molar-refractivity contribution in [1.82, 2.24) is 15.8 Å². The normalized spacial score (nSPS) is 17.0. The molecule has 0 aliphatic carbocycles. The van der Waals surface area contributed by atoms with Crippen LogP contribution in [0.15, 0.2) is 10.6 Å². The van der Waals surface area contributed by atoms with Gasteiger partial charge in [-0.3, -0.25) is 4.79 Å². The van der Waals surface area contributed by atoms with Crippen molar-refractivity contribution in [3.63, 3.8) is 0 Å². The highest BCUT2D eigenvalue weighted by Crippen LogP contribution is 2.10. The molecule has 0 saturated carbocycles. The average molecular weight is 237 g/mol. The molecular weight excluding hydrogens is 218 g/mol. The second-order valence-corrected chi connectivity index (χ2v) is 4.61. The topological polar surface area (TPSA) is 67.2 Å². The van der Waals surface area contributed by atoms with Gasteiger partial charge in [0.2, 0.25) is 5.91 Å². The third-order valence-electron chi connectivity index (χ3n) is 3.06. The predicted molar refractivity (Wildman–Crippen MR) is 63.5 cm³/mol. The number of hydrogen-bond donors (Lipinski definition) is 2. The molecule has 0 atom stereocenters. The molecule has 5 nitrogen and oxygen atoms in total. The van der Waals surface area contributed by atoms with E-state index >= 15 is 0 Å². The van der Waals surface area contributed by atoms with Gasteiger partial charge in [0, 0.05) is 12.6 Å². The first-order chi connectivity index (χ1) is 8.24. The van der Waals surface area contributed by atoms with Crippen molar-refractivity contribution in [2.45, 2.75) is 26.2 Å². The number of piperidine rings is 1. The van der Waals surface area contributed by atoms with Crippen molar-refractivity contribution in [2.24, 2.45) is 5.92 Å². The molecule has 2 heterocycles. The number of aromatic nitrogens is 1. The number of nitrogens with zero attached hydrogens (tertiary/aromatic N) is 1. The van der Waals surface area contributed by atoms with Crippen molar-refractivity contribution >= 4 is 5.91 Å². The molecule has 0 bridgehead atoms. The maximum Gasteiger partial charge on any atom is 0.227 e. The number of hydrogen-bond acceptors (Lipinski definition) is 4. The lowest BCUT2D eigenvalue weighted by molar-refractivity contribution is -0.120. The Labute approximate surface area is 101 Å². The van der Waals surface area contributed by atoms with Gasteiger partial charge >= 0.3 is 0 Å². The van der Waals surface area contributed by atoms with Crippen molar-refractivity contribution in [2.75, 3.05) is 19.6 Å². The van der Waals surface area contributed by atoms with Gasteiger partial charge in [0.05, 0.1) is 12.1 Å². The highest BCUT2D eigenvalue weighted by atomic mass is 16.5. The summed E-state index contributed by atoms with van der Waals surface area (Å²) in [7, 11) is 0. The van der Waals surface area contributed by atoms with Crippen LogP contribution >= 0.6 is 0 Å². The third-order valence-corrected chi connectivity index (χ3v) is 3.06. The molecular formula is C12H19N3O2. The maximum atomic E-state index is 11.6. The molecule has 2 N–H and O–H groups in total. The number of rotatable bonds is 4. The van der Waals surface area contributed by atoms with Gasteiger partial charge < -0.3 is 15.2 Å². The van der Waals surface area contributed by atoms with Gasteiger partial charge in [0.15, 0.2) is 0 Å². The van der Waals surface area contributed by atoms with Crippen molar-refractivity contribution < 1.29 is 9.32 Å². The van der Waals surface area contributed by atoms with Gasteiger partial charge in [0.25, 0.3) is 0 Å². The van der Waals surface area contributed by atoms with Crippen molar-refractivity contribution in [1.29, 1.82) is 0 Å². The Morgan fingerprint density at radius 2 is 2.35 bits per heavy atom. The van der Waals surface area contributed by atoms with Crippen LogP contribution in [0.25, 0.3) is 0 Å². The van der Waals surface area contributed by atoms with Gasteiger partial charge in [-0.05, 0) is 38.8 Å². The summed E-state index contributed by atoms with van der Waals surface area (Å²) in [5.41, 5.74) is 0.811. The Bertz CT molecular complexity index is 370. The minimum Gasteiger partial charge on any atom is -0.361 e. The Kier molecular flexibility index (Phi) is 4.14. The molecule has 1 amide bonds. The molecule has 1 aliphatic rings. The van der Waals surface area contributed by atoms with Crippen LogP contribution < -0.4 is 10.6 Å². The summed E-state index contributed by atoms with van der Waals surface area (Å²) in [5.74, 6) is 1.25. The first kappa shape index (κ1) is 12.1. The summed E-state index contributed by atoms with van der Waals surface area (Å²) in [4.78, 5) is 11.6. The van der Waals surface area contributed by atoms with Crippen LogP contribution in [0.4, 0.5) is 0 Å². The molecule has 2 rings (SSSR count). The van der Waals surface area contributed by atoms with E-state index < -0.39 is 0 Å². The average Bonchev–Trinajstić information content (AvgIpc) is 2.73. The lowest BCUT2D eigenvalue weighted by atomic mass is 9.98. The number of carbonyl (C=O) groups excluding carboxylic acids is 1. The van der Waals surface area contributed by atoms with Crippen molar-refractivity contribution in [3.8, 4) is 0 Å². The second kappa shape index (κ2) is 5.82. The van der Waals surface area contributed by atoms with Crippen LogP contribution in [-0.2, 0) is 11.2 Å². The largest absolute Gasteiger partial charge is 0.361 e. The van der Waals surface area contributed by atoms with Gasteiger partial charge in [-0.25, -0.2) is 0 Å². The highest BCUT2D eigenvalue weighted by molar-refractivity contribution is 5.77. The number of amides is 1. The van der Waals surface area contributed by atoms with E-state index in [2.05, 4.69) is 15.8 Å². The lowest BCUT2D eigenvalue weighted by Crippen LogP contribution is -2.36. The fraction of sp³-hybridized carbons (Fsp3) is 0.667. The molecule has 94 valence electrons. The quantitative estimate of drug-likeness (QED) is 0.806. The second-order valence-electron chi connectivity index (χ2n) is 4.61. The first-order valence-electron chi connectivity index (χ1n) is 6.13. The van der Waals surface area contributed by atoms with Crippen LogP contribution in [0.3, 0.4) is 0 Å². The molecule has 1 aliphatic heterocycles. The fourth-order valence-electron chi connectivity index (χ4n) is 2.06. The molecule has 17 heavy (non-hydrogen) atoms. The van der Waals surface area contributed by atoms with E-state index in [0.717, 1.165) is 38.2 Å². The summed E-state index contributed by atoms with van der Waals surface area (Å²) in [6.45, 7) is 4.73. The van der Waals surface area contributed by atoms with E-state index in [9.17, 15) is 4.79 Å². The molecule has 1 aromatic rings. The lowest BCUT2D eigenvalue weighted by Gasteiger charge is -2.22. The zero-order chi connectivity index (χ0) is 12.1. The fourth-order valence-corrected chi connectivity index (χ4v) is 2.06. The zero-order valence-electron chi connectivity index (χ0n) is 10.2. The summed E-state index contributed by atoms with van der Waals surface area (Å²) in [6, 6.07) is 1.80. The summed E-state index contributed by atoms with van der Waals surface area (Å²) in [5, 5.41) is 10.0. The van der Waals surface area contributed by atoms with Crippen LogP contribution in [0, 0.1) is 12.8 Å². The molecule has 5 heteroatoms. The number of aryl methyl sites for hydroxylation is 1. The van der Waals surface area contributed by atoms with Crippen LogP contribution in [0.2, 0.25) is 0 Å². The number of nitrogens with one attached hydrogen (secondary N) is 2. The van der Waals surface area contributed by atoms with Crippen LogP contribution in [0.5, 0.6) is 0 Å². The summed E-state index contributed by atoms with van der Waals surface area (Å²) in [6.07, 6.45) is 2.56. The zero-order valence-corrected chi connectivity index (χ0v) is 10.2. The maximum absolute atomic E-state index is 11.6. The molecule has 0 unspecified atom stereocenters. The Balaban J connectivity index is 1.70.